The van der Waals surface area contributed by atoms with E-state index in [0.29, 0.717) is 6.07 Å². The Hall–Kier alpha value is -4.24. The number of esters is 1. The number of halogens is 2. The van der Waals surface area contributed by atoms with Gasteiger partial charge in [0.2, 0.25) is 10.9 Å². The number of H-pyrrole nitrogens is 1. The Balaban J connectivity index is 1.96. The molecule has 1 N–H and O–H groups in total. The second kappa shape index (κ2) is 12.3. The summed E-state index contributed by atoms with van der Waals surface area (Å²) in [7, 11) is -5.36. The van der Waals surface area contributed by atoms with Gasteiger partial charge >= 0.3 is 5.97 Å². The molecule has 11 nitrogen and oxygen atoms in total. The average molecular weight is 624 g/mol. The molecule has 0 aliphatic heterocycles. The van der Waals surface area contributed by atoms with Crippen LogP contribution in [0.15, 0.2) is 53.5 Å². The van der Waals surface area contributed by atoms with E-state index >= 15 is 0 Å². The molecule has 2 aromatic carbocycles. The fourth-order valence-electron chi connectivity index (χ4n) is 4.20. The summed E-state index contributed by atoms with van der Waals surface area (Å²) in [6.07, 6.45) is 1.42. The quantitative estimate of drug-likeness (QED) is 0.191. The maximum atomic E-state index is 14.6. The predicted molar refractivity (Wildman–Crippen MR) is 153 cm³/mol. The van der Waals surface area contributed by atoms with E-state index < -0.39 is 49.6 Å². The van der Waals surface area contributed by atoms with Crippen molar-refractivity contribution in [1.29, 1.82) is 0 Å². The fourth-order valence-corrected chi connectivity index (χ4v) is 5.66. The van der Waals surface area contributed by atoms with Gasteiger partial charge in [-0.05, 0) is 43.3 Å². The maximum Gasteiger partial charge on any atom is 0.354 e. The molecule has 2 heterocycles. The second-order valence-corrected chi connectivity index (χ2v) is 12.5. The van der Waals surface area contributed by atoms with Crippen LogP contribution in [0.4, 0.5) is 14.5 Å². The molecule has 0 atom stereocenters. The molecular weight excluding hydrogens is 596 g/mol. The Morgan fingerprint density at radius 2 is 1.76 bits per heavy atom. The van der Waals surface area contributed by atoms with Crippen LogP contribution in [0.25, 0.3) is 22.0 Å². The van der Waals surface area contributed by atoms with Crippen LogP contribution in [-0.2, 0) is 32.5 Å². The van der Waals surface area contributed by atoms with E-state index in [1.165, 1.54) is 49.0 Å². The Morgan fingerprint density at radius 1 is 1.05 bits per heavy atom. The summed E-state index contributed by atoms with van der Waals surface area (Å²) in [6, 6.07) is 8.13. The molecule has 0 bridgehead atoms. The van der Waals surface area contributed by atoms with Gasteiger partial charge < -0.3 is 19.0 Å². The van der Waals surface area contributed by atoms with Gasteiger partial charge in [-0.3, -0.25) is 9.10 Å². The third-order valence-corrected chi connectivity index (χ3v) is 8.89. The van der Waals surface area contributed by atoms with Crippen molar-refractivity contribution in [3.8, 4) is 22.6 Å². The first-order chi connectivity index (χ1) is 19.8. The number of pyridine rings is 1. The van der Waals surface area contributed by atoms with Crippen LogP contribution >= 0.6 is 0 Å². The summed E-state index contributed by atoms with van der Waals surface area (Å²) in [5, 5.41) is 0.245. The van der Waals surface area contributed by atoms with Gasteiger partial charge in [0.25, 0.3) is 5.56 Å². The highest BCUT2D eigenvalue weighted by atomic mass is 32.2. The summed E-state index contributed by atoms with van der Waals surface area (Å²) in [5.74, 6) is -3.51. The minimum absolute atomic E-state index is 0.00894. The lowest BCUT2D eigenvalue weighted by molar-refractivity contribution is 0.0520. The molecule has 42 heavy (non-hydrogen) atoms. The number of benzene rings is 2. The summed E-state index contributed by atoms with van der Waals surface area (Å²) in [5.41, 5.74) is 0.0211. The molecule has 0 saturated heterocycles. The molecule has 0 aliphatic rings. The Kier molecular flexibility index (Phi) is 9.01. The molecule has 2 aromatic heterocycles. The number of nitrogens with one attached hydrogen (secondary N) is 1. The summed E-state index contributed by atoms with van der Waals surface area (Å²) in [6.45, 7) is 2.77. The third kappa shape index (κ3) is 6.46. The molecule has 4 rings (SSSR count). The van der Waals surface area contributed by atoms with Crippen LogP contribution in [0.2, 0.25) is 0 Å². The van der Waals surface area contributed by atoms with Crippen molar-refractivity contribution in [2.24, 2.45) is 7.05 Å². The topological polar surface area (TPSA) is 145 Å². The number of carbonyl (C=O) groups is 1. The number of aromatic amines is 1. The van der Waals surface area contributed by atoms with Crippen molar-refractivity contribution in [2.45, 2.75) is 13.8 Å². The molecule has 0 aliphatic carbocycles. The first kappa shape index (κ1) is 30.7. The van der Waals surface area contributed by atoms with Crippen molar-refractivity contribution >= 4 is 43.3 Å². The van der Waals surface area contributed by atoms with Crippen LogP contribution in [0.5, 0.6) is 11.5 Å². The zero-order chi connectivity index (χ0) is 30.8. The summed E-state index contributed by atoms with van der Waals surface area (Å²) >= 11 is 0. The minimum atomic E-state index is -3.52. The molecule has 0 radical (unpaired) electrons. The molecule has 224 valence electrons. The minimum Gasteiger partial charge on any atom is -0.461 e. The molecule has 4 aromatic rings. The smallest absolute Gasteiger partial charge is 0.354 e. The number of hydrogen-bond acceptors (Lipinski definition) is 8. The number of aryl methyl sites for hydroxylation is 1. The number of fused-ring (bicyclic) bond motifs is 1. The third-order valence-electron chi connectivity index (χ3n) is 6.38. The fraction of sp³-hybridized carbons (Fsp3) is 0.259. The number of aromatic nitrogens is 2. The maximum absolute atomic E-state index is 14.6. The highest BCUT2D eigenvalue weighted by molar-refractivity contribution is 7.91. The van der Waals surface area contributed by atoms with E-state index in [1.54, 1.807) is 6.92 Å². The lowest BCUT2D eigenvalue weighted by atomic mass is 10.0. The predicted octanol–water partition coefficient (Wildman–Crippen LogP) is 3.55. The average Bonchev–Trinajstić information content (AvgIpc) is 3.39. The van der Waals surface area contributed by atoms with Crippen LogP contribution in [0.3, 0.4) is 0 Å². The van der Waals surface area contributed by atoms with Crippen molar-refractivity contribution < 1.29 is 39.9 Å². The number of carbonyl (C=O) groups excluding carboxylic acids is 1. The SMILES string of the molecule is CCOC(=O)c1cc2c(-c3cc(N(CCS(=O)(=O)CC)[SH](=O)=O)ccc3Oc3ccc(F)cc3F)cn(C)c(=O)c2[nH]1. The molecule has 0 amide bonds. The Labute approximate surface area is 241 Å². The number of thiol groups is 1. The zero-order valence-electron chi connectivity index (χ0n) is 22.7. The highest BCUT2D eigenvalue weighted by Gasteiger charge is 2.22. The standard InChI is InChI=1S/C27H27F2N3O8S2/c1-4-39-27(34)22-14-19-20(15-31(3)26(33)25(19)30-22)18-13-17(32(41(35)36)10-11-42(37,38)5-2)7-9-23(18)40-24-8-6-16(28)12-21(24)29/h6-9,12-15,30,41H,4-5,10-11H2,1-3H3. The number of rotatable bonds is 11. The second-order valence-electron chi connectivity index (χ2n) is 9.11. The monoisotopic (exact) mass is 623 g/mol. The van der Waals surface area contributed by atoms with Gasteiger partial charge in [0.1, 0.15) is 22.8 Å². The van der Waals surface area contributed by atoms with E-state index in [2.05, 4.69) is 4.98 Å². The van der Waals surface area contributed by atoms with E-state index in [1.807, 2.05) is 0 Å². The molecule has 0 spiro atoms. The molecule has 0 unspecified atom stereocenters. The van der Waals surface area contributed by atoms with E-state index in [9.17, 15) is 35.2 Å². The van der Waals surface area contributed by atoms with Crippen LogP contribution in [0.1, 0.15) is 24.3 Å². The van der Waals surface area contributed by atoms with Gasteiger partial charge in [0.15, 0.2) is 21.4 Å². The normalized spacial score (nSPS) is 11.7. The van der Waals surface area contributed by atoms with Crippen molar-refractivity contribution in [2.75, 3.05) is 29.0 Å². The van der Waals surface area contributed by atoms with Crippen LogP contribution in [0, 0.1) is 11.6 Å². The number of ether oxygens (including phenoxy) is 2. The van der Waals surface area contributed by atoms with Gasteiger partial charge in [-0.2, -0.15) is 0 Å². The molecule has 15 heteroatoms. The Morgan fingerprint density at radius 3 is 2.40 bits per heavy atom. The zero-order valence-corrected chi connectivity index (χ0v) is 24.4. The molecule has 0 fully saturated rings. The number of anilines is 1. The molecular formula is C27H27F2N3O8S2. The highest BCUT2D eigenvalue weighted by Crippen LogP contribution is 2.40. The van der Waals surface area contributed by atoms with Crippen molar-refractivity contribution in [3.63, 3.8) is 0 Å². The van der Waals surface area contributed by atoms with Gasteiger partial charge in [-0.25, -0.2) is 30.4 Å². The number of hydrogen-bond donors (Lipinski definition) is 2. The van der Waals surface area contributed by atoms with Crippen LogP contribution in [-0.4, -0.2) is 57.0 Å². The summed E-state index contributed by atoms with van der Waals surface area (Å²) in [4.78, 5) is 28.2. The summed E-state index contributed by atoms with van der Waals surface area (Å²) < 4.78 is 89.6. The molecule has 0 saturated carbocycles. The number of sulfone groups is 1. The van der Waals surface area contributed by atoms with Gasteiger partial charge in [0.05, 0.1) is 18.0 Å². The van der Waals surface area contributed by atoms with E-state index in [0.717, 1.165) is 16.4 Å². The van der Waals surface area contributed by atoms with Gasteiger partial charge in [0, 0.05) is 48.1 Å². The first-order valence-electron chi connectivity index (χ1n) is 12.6. The van der Waals surface area contributed by atoms with Crippen molar-refractivity contribution in [1.82, 2.24) is 9.55 Å². The number of nitrogens with zero attached hydrogens (tertiary/aromatic N) is 2. The van der Waals surface area contributed by atoms with E-state index in [4.69, 9.17) is 9.47 Å². The largest absolute Gasteiger partial charge is 0.461 e. The van der Waals surface area contributed by atoms with Crippen LogP contribution < -0.4 is 14.6 Å². The van der Waals surface area contributed by atoms with Crippen molar-refractivity contribution in [3.05, 3.63) is 76.3 Å². The lowest BCUT2D eigenvalue weighted by Gasteiger charge is -2.21. The van der Waals surface area contributed by atoms with Gasteiger partial charge in [-0.15, -0.1) is 0 Å². The van der Waals surface area contributed by atoms with E-state index in [-0.39, 0.29) is 63.8 Å². The lowest BCUT2D eigenvalue weighted by Crippen LogP contribution is -2.28. The first-order valence-corrected chi connectivity index (χ1v) is 15.6. The Bertz CT molecular complexity index is 1910. The van der Waals surface area contributed by atoms with Gasteiger partial charge in [-0.1, -0.05) is 6.92 Å².